The minimum Gasteiger partial charge on any atom is -0.409 e. The second-order valence-corrected chi connectivity index (χ2v) is 5.12. The van der Waals surface area contributed by atoms with Crippen molar-refractivity contribution in [1.29, 1.82) is 0 Å². The van der Waals surface area contributed by atoms with E-state index in [9.17, 15) is 0 Å². The average Bonchev–Trinajstić information content (AvgIpc) is 2.37. The Morgan fingerprint density at radius 1 is 1.53 bits per heavy atom. The second-order valence-electron chi connectivity index (χ2n) is 5.12. The first-order valence-electron chi connectivity index (χ1n) is 6.43. The van der Waals surface area contributed by atoms with Gasteiger partial charge in [-0.05, 0) is 32.5 Å². The first-order chi connectivity index (χ1) is 9.04. The van der Waals surface area contributed by atoms with Crippen LogP contribution < -0.4 is 10.6 Å². The number of aryl methyl sites for hydroxylation is 1. The van der Waals surface area contributed by atoms with Crippen molar-refractivity contribution in [2.45, 2.75) is 19.9 Å². The van der Waals surface area contributed by atoms with E-state index < -0.39 is 0 Å². The first kappa shape index (κ1) is 13.6. The molecule has 1 aromatic rings. The number of hydrogen-bond donors (Lipinski definition) is 2. The largest absolute Gasteiger partial charge is 0.409 e. The minimum atomic E-state index is 0.117. The average molecular weight is 263 g/mol. The number of likely N-dealkylation sites (N-methyl/N-ethyl adjacent to an activating group) is 1. The molecule has 2 heterocycles. The summed E-state index contributed by atoms with van der Waals surface area (Å²) in [7, 11) is 2.11. The Balaban J connectivity index is 2.42. The summed E-state index contributed by atoms with van der Waals surface area (Å²) in [6, 6.07) is 2.22. The van der Waals surface area contributed by atoms with Crippen molar-refractivity contribution < 1.29 is 5.21 Å². The molecule has 1 fully saturated rings. The predicted octanol–water partition coefficient (Wildman–Crippen LogP) is 0.625. The van der Waals surface area contributed by atoms with Crippen LogP contribution >= 0.6 is 0 Å². The summed E-state index contributed by atoms with van der Waals surface area (Å²) >= 11 is 0. The zero-order valence-corrected chi connectivity index (χ0v) is 11.7. The van der Waals surface area contributed by atoms with Crippen LogP contribution in [0.25, 0.3) is 0 Å². The van der Waals surface area contributed by atoms with Crippen LogP contribution in [0.4, 0.5) is 5.82 Å². The number of pyridine rings is 1. The maximum atomic E-state index is 8.95. The van der Waals surface area contributed by atoms with Gasteiger partial charge in [-0.25, -0.2) is 4.98 Å². The Kier molecular flexibility index (Phi) is 3.90. The van der Waals surface area contributed by atoms with Gasteiger partial charge in [-0.2, -0.15) is 0 Å². The molecule has 0 aliphatic carbocycles. The van der Waals surface area contributed by atoms with Crippen molar-refractivity contribution in [2.24, 2.45) is 10.9 Å². The highest BCUT2D eigenvalue weighted by molar-refractivity contribution is 6.02. The van der Waals surface area contributed by atoms with E-state index >= 15 is 0 Å². The topological polar surface area (TPSA) is 78.0 Å². The fourth-order valence-electron chi connectivity index (χ4n) is 2.58. The van der Waals surface area contributed by atoms with E-state index in [4.69, 9.17) is 10.9 Å². The molecule has 3 N–H and O–H groups in total. The molecule has 6 nitrogen and oxygen atoms in total. The minimum absolute atomic E-state index is 0.117. The van der Waals surface area contributed by atoms with Gasteiger partial charge < -0.3 is 20.7 Å². The number of amidine groups is 1. The summed E-state index contributed by atoms with van der Waals surface area (Å²) in [4.78, 5) is 8.96. The summed E-state index contributed by atoms with van der Waals surface area (Å²) < 4.78 is 0. The Morgan fingerprint density at radius 3 is 2.89 bits per heavy atom. The molecule has 1 aliphatic heterocycles. The Hall–Kier alpha value is -1.82. The molecule has 19 heavy (non-hydrogen) atoms. The third-order valence-electron chi connectivity index (χ3n) is 3.61. The molecule has 0 saturated carbocycles. The Morgan fingerprint density at radius 2 is 2.26 bits per heavy atom. The fourth-order valence-corrected chi connectivity index (χ4v) is 2.58. The monoisotopic (exact) mass is 263 g/mol. The van der Waals surface area contributed by atoms with Crippen LogP contribution in [0.1, 0.15) is 18.1 Å². The van der Waals surface area contributed by atoms with Gasteiger partial charge in [0, 0.05) is 31.9 Å². The molecule has 0 radical (unpaired) electrons. The molecule has 1 aliphatic rings. The molecule has 1 atom stereocenters. The van der Waals surface area contributed by atoms with Gasteiger partial charge in [0.1, 0.15) is 5.82 Å². The lowest BCUT2D eigenvalue weighted by Crippen LogP contribution is -2.51. The van der Waals surface area contributed by atoms with Gasteiger partial charge in [0.05, 0.1) is 5.56 Å². The van der Waals surface area contributed by atoms with Crippen molar-refractivity contribution in [3.63, 3.8) is 0 Å². The van der Waals surface area contributed by atoms with E-state index in [-0.39, 0.29) is 5.84 Å². The second kappa shape index (κ2) is 5.44. The summed E-state index contributed by atoms with van der Waals surface area (Å²) in [5, 5.41) is 12.1. The molecule has 1 aromatic heterocycles. The van der Waals surface area contributed by atoms with E-state index in [2.05, 4.69) is 33.9 Å². The van der Waals surface area contributed by atoms with E-state index in [0.29, 0.717) is 6.04 Å². The standard InChI is InChI=1S/C13H21N5O/c1-9-4-5-15-13(11(9)12(14)16-19)18-7-6-17(3)8-10(18)2/h4-5,10,19H,6-8H2,1-3H3,(H2,14,16). The number of piperazine rings is 1. The van der Waals surface area contributed by atoms with E-state index in [0.717, 1.165) is 36.6 Å². The van der Waals surface area contributed by atoms with Gasteiger partial charge >= 0.3 is 0 Å². The lowest BCUT2D eigenvalue weighted by Gasteiger charge is -2.39. The highest BCUT2D eigenvalue weighted by Crippen LogP contribution is 2.24. The predicted molar refractivity (Wildman–Crippen MR) is 75.8 cm³/mol. The van der Waals surface area contributed by atoms with Crippen LogP contribution in [-0.4, -0.2) is 53.7 Å². The van der Waals surface area contributed by atoms with E-state index in [1.54, 1.807) is 6.20 Å². The van der Waals surface area contributed by atoms with Gasteiger partial charge in [-0.1, -0.05) is 5.16 Å². The molecule has 0 aromatic carbocycles. The molecule has 1 saturated heterocycles. The maximum absolute atomic E-state index is 8.95. The van der Waals surface area contributed by atoms with Gasteiger partial charge in [0.2, 0.25) is 0 Å². The van der Waals surface area contributed by atoms with Crippen molar-refractivity contribution >= 4 is 11.7 Å². The van der Waals surface area contributed by atoms with Gasteiger partial charge in [0.25, 0.3) is 0 Å². The molecular formula is C13H21N5O. The van der Waals surface area contributed by atoms with Crippen LogP contribution in [0.5, 0.6) is 0 Å². The lowest BCUT2D eigenvalue weighted by atomic mass is 10.1. The van der Waals surface area contributed by atoms with Crippen LogP contribution in [0, 0.1) is 6.92 Å². The van der Waals surface area contributed by atoms with E-state index in [1.165, 1.54) is 0 Å². The lowest BCUT2D eigenvalue weighted by molar-refractivity contribution is 0.274. The summed E-state index contributed by atoms with van der Waals surface area (Å²) in [5.41, 5.74) is 7.49. The molecule has 104 valence electrons. The molecule has 6 heteroatoms. The van der Waals surface area contributed by atoms with Crippen LogP contribution in [0.3, 0.4) is 0 Å². The summed E-state index contributed by atoms with van der Waals surface area (Å²) in [5.74, 6) is 0.919. The SMILES string of the molecule is Cc1ccnc(N2CCN(C)CC2C)c1/C(N)=N/O. The Labute approximate surface area is 113 Å². The van der Waals surface area contributed by atoms with Crippen molar-refractivity contribution in [1.82, 2.24) is 9.88 Å². The number of hydrogen-bond acceptors (Lipinski definition) is 5. The fraction of sp³-hybridized carbons (Fsp3) is 0.538. The molecule has 0 amide bonds. The third kappa shape index (κ3) is 2.63. The molecular weight excluding hydrogens is 242 g/mol. The van der Waals surface area contributed by atoms with Crippen molar-refractivity contribution in [3.05, 3.63) is 23.4 Å². The van der Waals surface area contributed by atoms with Crippen LogP contribution in [-0.2, 0) is 0 Å². The molecule has 0 bridgehead atoms. The summed E-state index contributed by atoms with van der Waals surface area (Å²) in [6.07, 6.45) is 1.77. The molecule has 0 spiro atoms. The number of oxime groups is 1. The van der Waals surface area contributed by atoms with Gasteiger partial charge in [-0.3, -0.25) is 0 Å². The first-order valence-corrected chi connectivity index (χ1v) is 6.43. The third-order valence-corrected chi connectivity index (χ3v) is 3.61. The highest BCUT2D eigenvalue weighted by atomic mass is 16.4. The van der Waals surface area contributed by atoms with Crippen molar-refractivity contribution in [2.75, 3.05) is 31.6 Å². The van der Waals surface area contributed by atoms with E-state index in [1.807, 2.05) is 13.0 Å². The van der Waals surface area contributed by atoms with Gasteiger partial charge in [-0.15, -0.1) is 0 Å². The van der Waals surface area contributed by atoms with Gasteiger partial charge in [0.15, 0.2) is 5.84 Å². The number of nitrogens with two attached hydrogens (primary N) is 1. The maximum Gasteiger partial charge on any atom is 0.174 e. The number of rotatable bonds is 2. The number of nitrogens with zero attached hydrogens (tertiary/aromatic N) is 4. The number of anilines is 1. The van der Waals surface area contributed by atoms with Crippen LogP contribution in [0.15, 0.2) is 17.4 Å². The van der Waals surface area contributed by atoms with Crippen LogP contribution in [0.2, 0.25) is 0 Å². The summed E-state index contributed by atoms with van der Waals surface area (Å²) in [6.45, 7) is 6.95. The molecule has 2 rings (SSSR count). The smallest absolute Gasteiger partial charge is 0.174 e. The zero-order chi connectivity index (χ0) is 14.0. The quantitative estimate of drug-likeness (QED) is 0.354. The molecule has 1 unspecified atom stereocenters. The highest BCUT2D eigenvalue weighted by Gasteiger charge is 2.26. The zero-order valence-electron chi connectivity index (χ0n) is 11.7. The Bertz CT molecular complexity index is 488. The van der Waals surface area contributed by atoms with Crippen molar-refractivity contribution in [3.8, 4) is 0 Å². The number of aromatic nitrogens is 1. The normalized spacial score (nSPS) is 21.7.